The molecule has 0 aromatic rings. The smallest absolute Gasteiger partial charge is 0.332 e. The summed E-state index contributed by atoms with van der Waals surface area (Å²) in [7, 11) is 0. The van der Waals surface area contributed by atoms with Gasteiger partial charge in [-0.25, -0.2) is 4.79 Å². The number of hydrogen-bond acceptors (Lipinski definition) is 12. The molecule has 2 saturated carbocycles. The van der Waals surface area contributed by atoms with E-state index in [0.717, 1.165) is 57.8 Å². The fraction of sp³-hybridized carbons (Fsp3) is 0.956. The molecule has 0 bridgehead atoms. The van der Waals surface area contributed by atoms with Crippen LogP contribution in [0.25, 0.3) is 0 Å². The maximum Gasteiger partial charge on any atom is 0.332 e. The number of carboxylic acid groups (broad SMARTS) is 1. The van der Waals surface area contributed by atoms with Gasteiger partial charge in [-0.15, -0.1) is 0 Å². The number of nitrogens with one attached hydrogen (secondary N) is 1. The van der Waals surface area contributed by atoms with E-state index in [1.165, 1.54) is 32.6 Å². The standard InChI is InChI=1S/C45H80INO13/c1-8-12-14-15-25(5)30-18-16-28(17-19-30)21-33(42(54)55)57-41-35(47-27(7)49)43(59-34(24-48)37(41)51)58-32-23-31(45(46,11-4)20-13-9-2)22-29(10-3)40(32)60-44-39(53)38(52)36(50)26(6)56-44/h25-26,28-41,43-44,48,50-53H,8-24H2,1-7H3,(H,47,49)(H,54,55)/t25?,26?,28?,29?,30?,31?,32-,33+,34?,35?,36-,37+,38?,39?,40-,41?,43-,44+,45?/m1/s1. The van der Waals surface area contributed by atoms with Crippen LogP contribution in [0.3, 0.4) is 0 Å². The number of carboxylic acids is 1. The van der Waals surface area contributed by atoms with Crippen molar-refractivity contribution in [3.05, 3.63) is 0 Å². The number of aliphatic hydroxyl groups excluding tert-OH is 5. The third-order valence-corrected chi connectivity index (χ3v) is 16.6. The van der Waals surface area contributed by atoms with Gasteiger partial charge in [0.1, 0.15) is 42.7 Å². The Balaban J connectivity index is 1.63. The second kappa shape index (κ2) is 24.5. The Kier molecular flexibility index (Phi) is 21.2. The average Bonchev–Trinajstić information content (AvgIpc) is 3.23. The van der Waals surface area contributed by atoms with Gasteiger partial charge in [0.15, 0.2) is 18.7 Å². The van der Waals surface area contributed by atoms with E-state index in [9.17, 15) is 40.2 Å². The van der Waals surface area contributed by atoms with Crippen LogP contribution in [0.15, 0.2) is 0 Å². The number of unbranched alkanes of at least 4 members (excludes halogenated alkanes) is 3. The number of hydrogen-bond donors (Lipinski definition) is 7. The lowest BCUT2D eigenvalue weighted by atomic mass is 9.69. The summed E-state index contributed by atoms with van der Waals surface area (Å²) in [6.07, 6.45) is 0.335. The van der Waals surface area contributed by atoms with Gasteiger partial charge in [0.05, 0.1) is 24.9 Å². The summed E-state index contributed by atoms with van der Waals surface area (Å²) in [5.41, 5.74) is 0. The van der Waals surface area contributed by atoms with Crippen LogP contribution in [0, 0.1) is 29.6 Å². The topological polar surface area (TPSA) is 214 Å². The third kappa shape index (κ3) is 13.4. The van der Waals surface area contributed by atoms with E-state index in [4.69, 9.17) is 23.7 Å². The Morgan fingerprint density at radius 3 is 2.13 bits per heavy atom. The van der Waals surface area contributed by atoms with Crippen molar-refractivity contribution in [3.8, 4) is 0 Å². The lowest BCUT2D eigenvalue weighted by molar-refractivity contribution is -0.339. The van der Waals surface area contributed by atoms with Gasteiger partial charge < -0.3 is 59.6 Å². The molecule has 4 fully saturated rings. The van der Waals surface area contributed by atoms with Crippen LogP contribution >= 0.6 is 22.6 Å². The predicted molar refractivity (Wildman–Crippen MR) is 234 cm³/mol. The Labute approximate surface area is 372 Å². The van der Waals surface area contributed by atoms with Crippen LogP contribution in [0.4, 0.5) is 0 Å². The van der Waals surface area contributed by atoms with Crippen molar-refractivity contribution in [1.82, 2.24) is 5.32 Å². The number of halogens is 1. The van der Waals surface area contributed by atoms with Crippen molar-refractivity contribution in [1.29, 1.82) is 0 Å². The van der Waals surface area contributed by atoms with Crippen molar-refractivity contribution >= 4 is 34.5 Å². The number of aliphatic hydroxyl groups is 5. The molecule has 7 N–H and O–H groups in total. The fourth-order valence-corrected chi connectivity index (χ4v) is 11.3. The van der Waals surface area contributed by atoms with E-state index in [-0.39, 0.29) is 27.6 Å². The largest absolute Gasteiger partial charge is 0.479 e. The molecule has 4 aliphatic rings. The highest BCUT2D eigenvalue weighted by molar-refractivity contribution is 14.1. The number of aliphatic carboxylic acids is 1. The van der Waals surface area contributed by atoms with E-state index in [1.54, 1.807) is 6.92 Å². The molecular weight excluding hydrogens is 889 g/mol. The monoisotopic (exact) mass is 969 g/mol. The predicted octanol–water partition coefficient (Wildman–Crippen LogP) is 5.63. The Morgan fingerprint density at radius 1 is 0.867 bits per heavy atom. The summed E-state index contributed by atoms with van der Waals surface area (Å²) in [4.78, 5) is 25.8. The van der Waals surface area contributed by atoms with Crippen molar-refractivity contribution in [2.24, 2.45) is 29.6 Å². The number of carbonyl (C=O) groups is 2. The molecular formula is C45H80INO13. The SMILES string of the molecule is CCCCCC(C)C1CCC(C[C@H](OC2C(NC(C)=O)[C@H](O[C@@H]3CC(C(I)(CC)CCCC)CC(CC)[C@H]3O[C@@H]3OC(C)[C@@H](O)C(O)C3O)OC(CO)[C@@H]2O)C(=O)O)CC1. The van der Waals surface area contributed by atoms with Gasteiger partial charge in [-0.05, 0) is 81.5 Å². The molecule has 2 heterocycles. The second-order valence-electron chi connectivity index (χ2n) is 18.6. The third-order valence-electron chi connectivity index (χ3n) is 14.5. The number of carbonyl (C=O) groups excluding carboxylic acids is 1. The Hall–Kier alpha value is -0.730. The molecule has 0 aromatic heterocycles. The molecule has 14 nitrogen and oxygen atoms in total. The van der Waals surface area contributed by atoms with Crippen molar-refractivity contribution in [2.45, 2.75) is 234 Å². The van der Waals surface area contributed by atoms with Crippen LogP contribution < -0.4 is 5.32 Å². The zero-order chi connectivity index (χ0) is 44.3. The first-order valence-corrected chi connectivity index (χ1v) is 24.4. The van der Waals surface area contributed by atoms with E-state index >= 15 is 0 Å². The van der Waals surface area contributed by atoms with Crippen LogP contribution in [0.5, 0.6) is 0 Å². The molecule has 60 heavy (non-hydrogen) atoms. The summed E-state index contributed by atoms with van der Waals surface area (Å²) in [5, 5.41) is 67.7. The zero-order valence-electron chi connectivity index (χ0n) is 37.3. The summed E-state index contributed by atoms with van der Waals surface area (Å²) < 4.78 is 32.0. The van der Waals surface area contributed by atoms with Crippen molar-refractivity contribution < 1.29 is 63.9 Å². The van der Waals surface area contributed by atoms with Crippen LogP contribution in [-0.2, 0) is 33.3 Å². The number of ether oxygens (including phenoxy) is 5. The molecule has 0 radical (unpaired) electrons. The highest BCUT2D eigenvalue weighted by atomic mass is 127. The van der Waals surface area contributed by atoms with E-state index in [1.807, 2.05) is 0 Å². The molecule has 2 aliphatic heterocycles. The Morgan fingerprint density at radius 2 is 1.55 bits per heavy atom. The molecule has 1 amide bonds. The molecule has 2 saturated heterocycles. The van der Waals surface area contributed by atoms with Gasteiger partial charge in [0.2, 0.25) is 5.91 Å². The van der Waals surface area contributed by atoms with E-state index < -0.39 is 98.1 Å². The lowest BCUT2D eigenvalue weighted by Gasteiger charge is -2.51. The molecule has 17 atom stereocenters. The van der Waals surface area contributed by atoms with Crippen LogP contribution in [0.2, 0.25) is 0 Å². The van der Waals surface area contributed by atoms with E-state index in [0.29, 0.717) is 24.7 Å². The summed E-state index contributed by atoms with van der Waals surface area (Å²) >= 11 is 2.60. The first-order chi connectivity index (χ1) is 28.5. The van der Waals surface area contributed by atoms with E-state index in [2.05, 4.69) is 62.5 Å². The van der Waals surface area contributed by atoms with Crippen molar-refractivity contribution in [3.63, 3.8) is 0 Å². The van der Waals surface area contributed by atoms with Gasteiger partial charge in [0, 0.05) is 10.3 Å². The van der Waals surface area contributed by atoms with Crippen LogP contribution in [0.1, 0.15) is 151 Å². The molecule has 350 valence electrons. The number of amides is 1. The highest BCUT2D eigenvalue weighted by Gasteiger charge is 2.54. The zero-order valence-corrected chi connectivity index (χ0v) is 39.5. The first-order valence-electron chi connectivity index (χ1n) is 23.3. The quantitative estimate of drug-likeness (QED) is 0.0399. The molecule has 4 rings (SSSR count). The summed E-state index contributed by atoms with van der Waals surface area (Å²) in [5.74, 6) is -0.240. The second-order valence-corrected chi connectivity index (χ2v) is 20.8. The number of rotatable bonds is 22. The molecule has 10 unspecified atom stereocenters. The average molecular weight is 970 g/mol. The Bertz CT molecular complexity index is 1290. The molecule has 0 aromatic carbocycles. The minimum atomic E-state index is -1.54. The summed E-state index contributed by atoms with van der Waals surface area (Å²) in [6.45, 7) is 13.2. The molecule has 0 spiro atoms. The van der Waals surface area contributed by atoms with Gasteiger partial charge >= 0.3 is 5.97 Å². The fourth-order valence-electron chi connectivity index (χ4n) is 10.4. The highest BCUT2D eigenvalue weighted by Crippen LogP contribution is 2.49. The maximum atomic E-state index is 12.9. The normalized spacial score (nSPS) is 39.7. The minimum absolute atomic E-state index is 0.0791. The van der Waals surface area contributed by atoms with Gasteiger partial charge in [-0.2, -0.15) is 0 Å². The summed E-state index contributed by atoms with van der Waals surface area (Å²) in [6, 6.07) is -1.17. The first kappa shape index (κ1) is 51.9. The molecule has 2 aliphatic carbocycles. The number of alkyl halides is 1. The van der Waals surface area contributed by atoms with Gasteiger partial charge in [0.25, 0.3) is 0 Å². The van der Waals surface area contributed by atoms with Crippen LogP contribution in [-0.4, -0.2) is 132 Å². The molecule has 15 heteroatoms. The lowest BCUT2D eigenvalue weighted by Crippen LogP contribution is -2.67. The minimum Gasteiger partial charge on any atom is -0.479 e. The van der Waals surface area contributed by atoms with Crippen molar-refractivity contribution in [2.75, 3.05) is 6.61 Å². The maximum absolute atomic E-state index is 12.9. The van der Waals surface area contributed by atoms with Gasteiger partial charge in [-0.3, -0.25) is 4.79 Å². The van der Waals surface area contributed by atoms with Gasteiger partial charge in [-0.1, -0.05) is 115 Å².